The van der Waals surface area contributed by atoms with Crippen LogP contribution in [0.2, 0.25) is 0 Å². The van der Waals surface area contributed by atoms with E-state index in [1.54, 1.807) is 25.3 Å². The molecule has 1 aliphatic rings. The van der Waals surface area contributed by atoms with Gasteiger partial charge in [0.2, 0.25) is 0 Å². The van der Waals surface area contributed by atoms with Gasteiger partial charge in [-0.1, -0.05) is 50.2 Å². The van der Waals surface area contributed by atoms with Gasteiger partial charge in [0.05, 0.1) is 18.2 Å². The van der Waals surface area contributed by atoms with Crippen LogP contribution in [0.15, 0.2) is 78.5 Å². The number of aliphatic hydroxyl groups excluding tert-OH is 1. The molecule has 0 bridgehead atoms. The van der Waals surface area contributed by atoms with Crippen LogP contribution in [0.5, 0.6) is 11.5 Å². The molecule has 0 aliphatic carbocycles. The van der Waals surface area contributed by atoms with Gasteiger partial charge in [-0.25, -0.2) is 0 Å². The van der Waals surface area contributed by atoms with Gasteiger partial charge in [0, 0.05) is 28.4 Å². The summed E-state index contributed by atoms with van der Waals surface area (Å²) >= 11 is 0. The van der Waals surface area contributed by atoms with Crippen LogP contribution in [-0.4, -0.2) is 33.5 Å². The van der Waals surface area contributed by atoms with Gasteiger partial charge in [0.25, 0.3) is 11.7 Å². The van der Waals surface area contributed by atoms with Crippen molar-refractivity contribution < 1.29 is 24.5 Å². The number of carbonyl (C=O) groups is 2. The topological polar surface area (TPSA) is 103 Å². The fourth-order valence-corrected chi connectivity index (χ4v) is 4.82. The molecule has 37 heavy (non-hydrogen) atoms. The Balaban J connectivity index is 1.73. The Morgan fingerprint density at radius 1 is 1.05 bits per heavy atom. The number of aromatic hydroxyl groups is 1. The lowest BCUT2D eigenvalue weighted by molar-refractivity contribution is -0.132. The van der Waals surface area contributed by atoms with E-state index in [0.717, 1.165) is 16.5 Å². The highest BCUT2D eigenvalue weighted by molar-refractivity contribution is 6.51. The normalized spacial score (nSPS) is 17.2. The van der Waals surface area contributed by atoms with Crippen LogP contribution < -0.4 is 9.64 Å². The summed E-state index contributed by atoms with van der Waals surface area (Å²) in [6, 6.07) is 18.7. The average molecular weight is 497 g/mol. The number of nitrogens with zero attached hydrogens (tertiary/aromatic N) is 1. The van der Waals surface area contributed by atoms with Crippen LogP contribution in [-0.2, 0) is 9.59 Å². The van der Waals surface area contributed by atoms with Crippen molar-refractivity contribution in [3.63, 3.8) is 0 Å². The Hall–Kier alpha value is -4.52. The Labute approximate surface area is 214 Å². The Kier molecular flexibility index (Phi) is 6.21. The predicted octanol–water partition coefficient (Wildman–Crippen LogP) is 6.02. The minimum atomic E-state index is -0.932. The van der Waals surface area contributed by atoms with Gasteiger partial charge in [0.15, 0.2) is 11.5 Å². The van der Waals surface area contributed by atoms with Crippen LogP contribution >= 0.6 is 0 Å². The highest BCUT2D eigenvalue weighted by Crippen LogP contribution is 2.44. The summed E-state index contributed by atoms with van der Waals surface area (Å²) in [6.07, 6.45) is 1.63. The standard InChI is InChI=1S/C30H28N2O5/c1-4-37-25-15-19(11-14-24(25)33)27-26(28(34)22-16-31-23-8-6-5-7-21(22)23)29(35)30(36)32(27)20-12-9-18(10-13-20)17(2)3/h5-17,27,31,33-34H,4H2,1-3H3/b28-26-. The summed E-state index contributed by atoms with van der Waals surface area (Å²) in [7, 11) is 0. The number of Topliss-reactive ketones (excluding diaryl/α,β-unsaturated/α-hetero) is 1. The molecular formula is C30H28N2O5. The first-order valence-corrected chi connectivity index (χ1v) is 12.2. The van der Waals surface area contributed by atoms with Crippen molar-refractivity contribution in [2.45, 2.75) is 32.7 Å². The minimum absolute atomic E-state index is 0.0316. The highest BCUT2D eigenvalue weighted by atomic mass is 16.5. The number of rotatable bonds is 6. The summed E-state index contributed by atoms with van der Waals surface area (Å²) in [5.74, 6) is -1.32. The van der Waals surface area contributed by atoms with E-state index in [1.165, 1.54) is 11.0 Å². The van der Waals surface area contributed by atoms with Crippen LogP contribution in [0.1, 0.15) is 49.4 Å². The van der Waals surface area contributed by atoms with Crippen molar-refractivity contribution in [3.8, 4) is 11.5 Å². The zero-order valence-corrected chi connectivity index (χ0v) is 20.9. The van der Waals surface area contributed by atoms with Crippen LogP contribution in [0.3, 0.4) is 0 Å². The number of ketones is 1. The number of para-hydroxylation sites is 1. The van der Waals surface area contributed by atoms with Crippen molar-refractivity contribution in [1.82, 2.24) is 4.98 Å². The second-order valence-corrected chi connectivity index (χ2v) is 9.32. The molecule has 2 heterocycles. The number of benzene rings is 3. The maximum atomic E-state index is 13.5. The van der Waals surface area contributed by atoms with Crippen LogP contribution in [0.25, 0.3) is 16.7 Å². The van der Waals surface area contributed by atoms with E-state index >= 15 is 0 Å². The van der Waals surface area contributed by atoms with E-state index in [-0.39, 0.29) is 22.8 Å². The molecule has 0 radical (unpaired) electrons. The fraction of sp³-hybridized carbons (Fsp3) is 0.200. The lowest BCUT2D eigenvalue weighted by atomic mass is 9.94. The first-order valence-electron chi connectivity index (χ1n) is 12.2. The first-order chi connectivity index (χ1) is 17.8. The molecule has 1 unspecified atom stereocenters. The third kappa shape index (κ3) is 4.12. The predicted molar refractivity (Wildman–Crippen MR) is 143 cm³/mol. The summed E-state index contributed by atoms with van der Waals surface area (Å²) in [4.78, 5) is 31.5. The number of fused-ring (bicyclic) bond motifs is 1. The SMILES string of the molecule is CCOc1cc(C2/C(=C(/O)c3c[nH]c4ccccc34)C(=O)C(=O)N2c2ccc(C(C)C)cc2)ccc1O. The highest BCUT2D eigenvalue weighted by Gasteiger charge is 2.47. The number of nitrogens with one attached hydrogen (secondary N) is 1. The number of phenolic OH excluding ortho intramolecular Hbond substituents is 1. The lowest BCUT2D eigenvalue weighted by Gasteiger charge is -2.26. The van der Waals surface area contributed by atoms with E-state index in [0.29, 0.717) is 29.3 Å². The van der Waals surface area contributed by atoms with Crippen molar-refractivity contribution in [1.29, 1.82) is 0 Å². The smallest absolute Gasteiger partial charge is 0.300 e. The number of amides is 1. The molecule has 1 saturated heterocycles. The molecule has 1 atom stereocenters. The molecule has 188 valence electrons. The zero-order chi connectivity index (χ0) is 26.3. The maximum absolute atomic E-state index is 13.5. The molecule has 4 aromatic rings. The van der Waals surface area contributed by atoms with Gasteiger partial charge < -0.3 is 19.9 Å². The number of hydrogen-bond donors (Lipinski definition) is 3. The average Bonchev–Trinajstić information content (AvgIpc) is 3.44. The Morgan fingerprint density at radius 3 is 2.49 bits per heavy atom. The molecule has 1 aromatic heterocycles. The number of hydrogen-bond acceptors (Lipinski definition) is 5. The van der Waals surface area contributed by atoms with Gasteiger partial charge in [-0.3, -0.25) is 14.5 Å². The van der Waals surface area contributed by atoms with E-state index in [1.807, 2.05) is 48.5 Å². The summed E-state index contributed by atoms with van der Waals surface area (Å²) < 4.78 is 5.58. The molecule has 1 aliphatic heterocycles. The van der Waals surface area contributed by atoms with Gasteiger partial charge in [-0.15, -0.1) is 0 Å². The number of phenols is 1. The second kappa shape index (κ2) is 9.50. The van der Waals surface area contributed by atoms with Gasteiger partial charge in [-0.05, 0) is 54.3 Å². The summed E-state index contributed by atoms with van der Waals surface area (Å²) in [5.41, 5.74) is 3.34. The Bertz CT molecular complexity index is 1530. The van der Waals surface area contributed by atoms with Gasteiger partial charge in [0.1, 0.15) is 5.76 Å². The third-order valence-corrected chi connectivity index (χ3v) is 6.73. The number of aromatic amines is 1. The second-order valence-electron chi connectivity index (χ2n) is 9.32. The zero-order valence-electron chi connectivity index (χ0n) is 20.9. The first kappa shape index (κ1) is 24.2. The Morgan fingerprint density at radius 2 is 1.78 bits per heavy atom. The third-order valence-electron chi connectivity index (χ3n) is 6.73. The lowest BCUT2D eigenvalue weighted by Crippen LogP contribution is -2.29. The molecule has 1 amide bonds. The summed E-state index contributed by atoms with van der Waals surface area (Å²) in [6.45, 7) is 6.27. The number of carbonyl (C=O) groups excluding carboxylic acids is 2. The number of H-pyrrole nitrogens is 1. The fourth-order valence-electron chi connectivity index (χ4n) is 4.82. The largest absolute Gasteiger partial charge is 0.507 e. The molecule has 0 saturated carbocycles. The number of aliphatic hydroxyl groups is 1. The molecular weight excluding hydrogens is 468 g/mol. The molecule has 5 rings (SSSR count). The van der Waals surface area contributed by atoms with Crippen molar-refractivity contribution >= 4 is 34.0 Å². The van der Waals surface area contributed by atoms with Gasteiger partial charge >= 0.3 is 0 Å². The number of aromatic nitrogens is 1. The molecule has 7 nitrogen and oxygen atoms in total. The molecule has 7 heteroatoms. The number of anilines is 1. The quantitative estimate of drug-likeness (QED) is 0.172. The van der Waals surface area contributed by atoms with Crippen molar-refractivity contribution in [2.24, 2.45) is 0 Å². The maximum Gasteiger partial charge on any atom is 0.300 e. The van der Waals surface area contributed by atoms with Crippen molar-refractivity contribution in [2.75, 3.05) is 11.5 Å². The van der Waals surface area contributed by atoms with E-state index in [2.05, 4.69) is 18.8 Å². The van der Waals surface area contributed by atoms with E-state index in [4.69, 9.17) is 4.74 Å². The monoisotopic (exact) mass is 496 g/mol. The number of ether oxygens (including phenoxy) is 1. The minimum Gasteiger partial charge on any atom is -0.507 e. The molecule has 1 fully saturated rings. The van der Waals surface area contributed by atoms with Crippen LogP contribution in [0.4, 0.5) is 5.69 Å². The van der Waals surface area contributed by atoms with Crippen molar-refractivity contribution in [3.05, 3.63) is 95.2 Å². The molecule has 3 N–H and O–H groups in total. The van der Waals surface area contributed by atoms with E-state index < -0.39 is 17.7 Å². The molecule has 3 aromatic carbocycles. The van der Waals surface area contributed by atoms with Gasteiger partial charge in [-0.2, -0.15) is 0 Å². The van der Waals surface area contributed by atoms with Crippen LogP contribution in [0, 0.1) is 0 Å². The van der Waals surface area contributed by atoms with E-state index in [9.17, 15) is 19.8 Å². The summed E-state index contributed by atoms with van der Waals surface area (Å²) in [5, 5.41) is 22.5. The molecule has 0 spiro atoms.